The molecule has 0 unspecified atom stereocenters. The fourth-order valence-corrected chi connectivity index (χ4v) is 3.20. The summed E-state index contributed by atoms with van der Waals surface area (Å²) in [6, 6.07) is 10.5. The van der Waals surface area contributed by atoms with Gasteiger partial charge in [-0.2, -0.15) is 0 Å². The summed E-state index contributed by atoms with van der Waals surface area (Å²) in [4.78, 5) is 35.8. The summed E-state index contributed by atoms with van der Waals surface area (Å²) >= 11 is 6.62. The van der Waals surface area contributed by atoms with E-state index in [-0.39, 0.29) is 17.9 Å². The van der Waals surface area contributed by atoms with E-state index >= 15 is 0 Å². The molecule has 0 saturated carbocycles. The molecule has 6 nitrogen and oxygen atoms in total. The molecule has 25 heavy (non-hydrogen) atoms. The molecule has 1 saturated heterocycles. The second-order valence-corrected chi connectivity index (χ2v) is 6.62. The molecule has 2 amide bonds. The van der Waals surface area contributed by atoms with Gasteiger partial charge >= 0.3 is 5.97 Å². The van der Waals surface area contributed by atoms with E-state index in [1.807, 2.05) is 12.1 Å². The minimum absolute atomic E-state index is 0.147. The van der Waals surface area contributed by atoms with Crippen LogP contribution >= 0.6 is 23.4 Å². The number of carbonyl (C=O) groups is 3. The predicted molar refractivity (Wildman–Crippen MR) is 94.1 cm³/mol. The molecule has 1 aromatic carbocycles. The number of carbonyl (C=O) groups excluding carboxylic acids is 2. The van der Waals surface area contributed by atoms with Gasteiger partial charge in [0.15, 0.2) is 0 Å². The smallest absolute Gasteiger partial charge is 0.305 e. The van der Waals surface area contributed by atoms with Gasteiger partial charge in [-0.1, -0.05) is 11.6 Å². The Morgan fingerprint density at radius 3 is 2.60 bits per heavy atom. The summed E-state index contributed by atoms with van der Waals surface area (Å²) < 4.78 is 5.68. The van der Waals surface area contributed by atoms with Crippen LogP contribution in [0.3, 0.4) is 0 Å². The van der Waals surface area contributed by atoms with E-state index in [2.05, 4.69) is 0 Å². The van der Waals surface area contributed by atoms with Gasteiger partial charge in [0, 0.05) is 23.2 Å². The van der Waals surface area contributed by atoms with Crippen LogP contribution in [0.2, 0.25) is 5.02 Å². The number of aliphatic carboxylic acids is 1. The van der Waals surface area contributed by atoms with E-state index in [0.717, 1.165) is 22.2 Å². The topological polar surface area (TPSA) is 87.8 Å². The number of halogens is 1. The molecule has 0 bridgehead atoms. The number of furan rings is 1. The third kappa shape index (κ3) is 3.94. The van der Waals surface area contributed by atoms with Crippen molar-refractivity contribution in [2.75, 3.05) is 6.54 Å². The zero-order valence-corrected chi connectivity index (χ0v) is 14.3. The van der Waals surface area contributed by atoms with Crippen LogP contribution < -0.4 is 0 Å². The Labute approximate surface area is 152 Å². The lowest BCUT2D eigenvalue weighted by atomic mass is 10.2. The van der Waals surface area contributed by atoms with Crippen LogP contribution in [0.15, 0.2) is 45.7 Å². The molecule has 0 atom stereocenters. The number of imide groups is 1. The minimum atomic E-state index is -1.07. The molecule has 1 aliphatic rings. The zero-order chi connectivity index (χ0) is 18.0. The minimum Gasteiger partial charge on any atom is -0.481 e. The van der Waals surface area contributed by atoms with E-state index in [1.165, 1.54) is 6.08 Å². The molecule has 1 N–H and O–H groups in total. The van der Waals surface area contributed by atoms with Crippen molar-refractivity contribution in [3.8, 4) is 11.3 Å². The number of carboxylic acids is 1. The molecule has 0 aliphatic carbocycles. The van der Waals surface area contributed by atoms with Gasteiger partial charge in [-0.3, -0.25) is 19.3 Å². The highest BCUT2D eigenvalue weighted by Crippen LogP contribution is 2.33. The maximum absolute atomic E-state index is 12.2. The van der Waals surface area contributed by atoms with E-state index in [1.54, 1.807) is 24.3 Å². The van der Waals surface area contributed by atoms with Crippen LogP contribution in [0.1, 0.15) is 12.2 Å². The van der Waals surface area contributed by atoms with Crippen LogP contribution in [0.25, 0.3) is 17.4 Å². The van der Waals surface area contributed by atoms with Gasteiger partial charge in [0.05, 0.1) is 11.3 Å². The lowest BCUT2D eigenvalue weighted by Gasteiger charge is -2.09. The molecule has 2 aromatic rings. The highest BCUT2D eigenvalue weighted by Gasteiger charge is 2.35. The number of benzene rings is 1. The largest absolute Gasteiger partial charge is 0.481 e. The Morgan fingerprint density at radius 2 is 1.92 bits per heavy atom. The Morgan fingerprint density at radius 1 is 1.20 bits per heavy atom. The van der Waals surface area contributed by atoms with Gasteiger partial charge in [-0.15, -0.1) is 0 Å². The van der Waals surface area contributed by atoms with Gasteiger partial charge in [0.1, 0.15) is 11.5 Å². The van der Waals surface area contributed by atoms with Crippen molar-refractivity contribution in [1.82, 2.24) is 4.90 Å². The lowest BCUT2D eigenvalue weighted by Crippen LogP contribution is -2.30. The summed E-state index contributed by atoms with van der Waals surface area (Å²) in [7, 11) is 0. The van der Waals surface area contributed by atoms with Crippen LogP contribution in [-0.4, -0.2) is 33.7 Å². The van der Waals surface area contributed by atoms with E-state index in [0.29, 0.717) is 16.5 Å². The lowest BCUT2D eigenvalue weighted by molar-refractivity contribution is -0.137. The fourth-order valence-electron chi connectivity index (χ4n) is 2.23. The quantitative estimate of drug-likeness (QED) is 0.789. The maximum atomic E-state index is 12.2. The second kappa shape index (κ2) is 7.16. The average molecular weight is 378 g/mol. The zero-order valence-electron chi connectivity index (χ0n) is 12.8. The fraction of sp³-hybridized carbons (Fsp3) is 0.118. The summed E-state index contributed by atoms with van der Waals surface area (Å²) in [6.45, 7) is -0.147. The number of thioether (sulfide) groups is 1. The number of hydrogen-bond acceptors (Lipinski definition) is 5. The van der Waals surface area contributed by atoms with Crippen LogP contribution in [0, 0.1) is 0 Å². The van der Waals surface area contributed by atoms with E-state index in [9.17, 15) is 14.4 Å². The van der Waals surface area contributed by atoms with Crippen LogP contribution in [0.4, 0.5) is 4.79 Å². The molecule has 8 heteroatoms. The van der Waals surface area contributed by atoms with Gasteiger partial charge in [-0.25, -0.2) is 0 Å². The number of carboxylic acid groups (broad SMARTS) is 1. The predicted octanol–water partition coefficient (Wildman–Crippen LogP) is 4.11. The third-order valence-corrected chi connectivity index (χ3v) is 4.61. The van der Waals surface area contributed by atoms with Crippen molar-refractivity contribution < 1.29 is 23.9 Å². The number of hydrogen-bond donors (Lipinski definition) is 1. The number of rotatable bonds is 5. The highest BCUT2D eigenvalue weighted by molar-refractivity contribution is 8.18. The SMILES string of the molecule is O=C(O)CCN1C(=O)S/C(=C\c2ccc(-c3ccc(Cl)cc3)o2)C1=O. The molecule has 128 valence electrons. The molecule has 3 rings (SSSR count). The Kier molecular flexibility index (Phi) is 4.96. The molecule has 0 spiro atoms. The van der Waals surface area contributed by atoms with Crippen molar-refractivity contribution in [3.05, 3.63) is 52.1 Å². The molecule has 1 fully saturated rings. The molecule has 1 aliphatic heterocycles. The molecule has 1 aromatic heterocycles. The normalized spacial score (nSPS) is 16.0. The monoisotopic (exact) mass is 377 g/mol. The van der Waals surface area contributed by atoms with Crippen molar-refractivity contribution >= 4 is 46.6 Å². The van der Waals surface area contributed by atoms with Crippen molar-refractivity contribution in [2.24, 2.45) is 0 Å². The Balaban J connectivity index is 1.77. The Bertz CT molecular complexity index is 871. The first kappa shape index (κ1) is 17.3. The van der Waals surface area contributed by atoms with Crippen LogP contribution in [0.5, 0.6) is 0 Å². The standard InChI is InChI=1S/C17H12ClNO5S/c18-11-3-1-10(2-4-11)13-6-5-12(24-13)9-14-16(22)19(17(23)25-14)8-7-15(20)21/h1-6,9H,7-8H2,(H,20,21)/b14-9-. The van der Waals surface area contributed by atoms with Gasteiger partial charge in [0.25, 0.3) is 11.1 Å². The second-order valence-electron chi connectivity index (χ2n) is 5.19. The van der Waals surface area contributed by atoms with E-state index < -0.39 is 17.1 Å². The summed E-state index contributed by atoms with van der Waals surface area (Å²) in [5.41, 5.74) is 0.832. The van der Waals surface area contributed by atoms with Crippen molar-refractivity contribution in [1.29, 1.82) is 0 Å². The van der Waals surface area contributed by atoms with E-state index in [4.69, 9.17) is 21.1 Å². The van der Waals surface area contributed by atoms with Crippen molar-refractivity contribution in [3.63, 3.8) is 0 Å². The molecule has 0 radical (unpaired) electrons. The summed E-state index contributed by atoms with van der Waals surface area (Å²) in [5.74, 6) is -0.552. The summed E-state index contributed by atoms with van der Waals surface area (Å²) in [6.07, 6.45) is 1.19. The summed E-state index contributed by atoms with van der Waals surface area (Å²) in [5, 5.41) is 8.81. The maximum Gasteiger partial charge on any atom is 0.305 e. The number of nitrogens with zero attached hydrogens (tertiary/aromatic N) is 1. The first-order valence-electron chi connectivity index (χ1n) is 7.27. The van der Waals surface area contributed by atoms with Gasteiger partial charge in [0.2, 0.25) is 0 Å². The van der Waals surface area contributed by atoms with Gasteiger partial charge in [-0.05, 0) is 48.2 Å². The van der Waals surface area contributed by atoms with Crippen molar-refractivity contribution in [2.45, 2.75) is 6.42 Å². The highest BCUT2D eigenvalue weighted by atomic mass is 35.5. The first-order chi connectivity index (χ1) is 11.9. The number of amides is 2. The molecular weight excluding hydrogens is 366 g/mol. The Hall–Kier alpha value is -2.51. The average Bonchev–Trinajstić information content (AvgIpc) is 3.12. The first-order valence-corrected chi connectivity index (χ1v) is 8.46. The third-order valence-electron chi connectivity index (χ3n) is 3.45. The van der Waals surface area contributed by atoms with Gasteiger partial charge < -0.3 is 9.52 Å². The van der Waals surface area contributed by atoms with Crippen LogP contribution in [-0.2, 0) is 9.59 Å². The molecular formula is C17H12ClNO5S. The molecule has 2 heterocycles.